The Labute approximate surface area is 172 Å². The Hall–Kier alpha value is -2.51. The Kier molecular flexibility index (Phi) is 6.26. The highest BCUT2D eigenvalue weighted by Crippen LogP contribution is 2.29. The van der Waals surface area contributed by atoms with Crippen LogP contribution in [0.2, 0.25) is 0 Å². The molecule has 0 spiro atoms. The molecular formula is C21H22N2O3S2. The molecule has 28 heavy (non-hydrogen) atoms. The van der Waals surface area contributed by atoms with Crippen LogP contribution in [0.1, 0.15) is 45.2 Å². The number of aromatic nitrogens is 1. The summed E-state index contributed by atoms with van der Waals surface area (Å²) in [6, 6.07) is 9.69. The molecular weight excluding hydrogens is 392 g/mol. The lowest BCUT2D eigenvalue weighted by atomic mass is 10.1. The van der Waals surface area contributed by atoms with Gasteiger partial charge in [-0.25, -0.2) is 9.78 Å². The van der Waals surface area contributed by atoms with Crippen molar-refractivity contribution in [3.63, 3.8) is 0 Å². The first-order valence-electron chi connectivity index (χ1n) is 8.97. The molecule has 1 amide bonds. The Bertz CT molecular complexity index is 990. The van der Waals surface area contributed by atoms with Crippen molar-refractivity contribution in [2.24, 2.45) is 0 Å². The van der Waals surface area contributed by atoms with Gasteiger partial charge in [0.1, 0.15) is 6.61 Å². The number of esters is 1. The van der Waals surface area contributed by atoms with Crippen molar-refractivity contribution in [1.82, 2.24) is 4.98 Å². The number of rotatable bonds is 6. The van der Waals surface area contributed by atoms with Gasteiger partial charge in [0.05, 0.1) is 16.9 Å². The van der Waals surface area contributed by atoms with Crippen LogP contribution in [0.3, 0.4) is 0 Å². The molecule has 146 valence electrons. The predicted octanol–water partition coefficient (Wildman–Crippen LogP) is 5.43. The minimum atomic E-state index is -0.352. The van der Waals surface area contributed by atoms with E-state index in [2.05, 4.69) is 11.9 Å². The maximum Gasteiger partial charge on any atom is 0.339 e. The van der Waals surface area contributed by atoms with Gasteiger partial charge in [0.15, 0.2) is 5.13 Å². The second-order valence-electron chi connectivity index (χ2n) is 6.40. The molecule has 0 saturated carbocycles. The number of thiophene rings is 1. The molecule has 2 aromatic heterocycles. The van der Waals surface area contributed by atoms with Crippen molar-refractivity contribution in [1.29, 1.82) is 0 Å². The number of hydrogen-bond donors (Lipinski definition) is 0. The average molecular weight is 415 g/mol. The molecule has 0 N–H and O–H groups in total. The topological polar surface area (TPSA) is 59.5 Å². The summed E-state index contributed by atoms with van der Waals surface area (Å²) in [6.07, 6.45) is 0.941. The summed E-state index contributed by atoms with van der Waals surface area (Å²) >= 11 is 2.92. The Morgan fingerprint density at radius 3 is 2.46 bits per heavy atom. The zero-order chi connectivity index (χ0) is 20.3. The molecule has 7 heteroatoms. The van der Waals surface area contributed by atoms with Crippen LogP contribution in [0.4, 0.5) is 10.8 Å². The van der Waals surface area contributed by atoms with E-state index in [1.54, 1.807) is 16.2 Å². The highest BCUT2D eigenvalue weighted by Gasteiger charge is 2.19. The summed E-state index contributed by atoms with van der Waals surface area (Å²) < 4.78 is 5.41. The fraction of sp³-hybridized carbons (Fsp3) is 0.286. The van der Waals surface area contributed by atoms with Crippen molar-refractivity contribution in [3.05, 3.63) is 62.3 Å². The van der Waals surface area contributed by atoms with Gasteiger partial charge in [-0.15, -0.1) is 22.7 Å². The molecule has 0 saturated heterocycles. The fourth-order valence-corrected chi connectivity index (χ4v) is 4.61. The van der Waals surface area contributed by atoms with E-state index in [1.165, 1.54) is 23.8 Å². The van der Waals surface area contributed by atoms with Gasteiger partial charge in [0.25, 0.3) is 0 Å². The number of aryl methyl sites for hydroxylation is 3. The van der Waals surface area contributed by atoms with E-state index in [0.29, 0.717) is 16.4 Å². The highest BCUT2D eigenvalue weighted by molar-refractivity contribution is 7.14. The SMILES string of the molecule is CCc1ccc(N(C(C)=O)c2nc(COC(=O)c3cc(C)sc3C)cs2)cc1. The van der Waals surface area contributed by atoms with E-state index in [-0.39, 0.29) is 18.5 Å². The summed E-state index contributed by atoms with van der Waals surface area (Å²) in [5.41, 5.74) is 3.19. The Morgan fingerprint density at radius 2 is 1.89 bits per heavy atom. The Morgan fingerprint density at radius 1 is 1.18 bits per heavy atom. The lowest BCUT2D eigenvalue weighted by Crippen LogP contribution is -2.22. The molecule has 3 rings (SSSR count). The van der Waals surface area contributed by atoms with Crippen LogP contribution in [0.15, 0.2) is 35.7 Å². The summed E-state index contributed by atoms with van der Waals surface area (Å²) in [6.45, 7) is 7.54. The number of anilines is 2. The number of amides is 1. The molecule has 3 aromatic rings. The molecule has 0 unspecified atom stereocenters. The molecule has 0 fully saturated rings. The summed E-state index contributed by atoms with van der Waals surface area (Å²) in [5, 5.41) is 2.37. The van der Waals surface area contributed by atoms with Crippen LogP contribution in [0.25, 0.3) is 0 Å². The van der Waals surface area contributed by atoms with Gasteiger partial charge in [-0.05, 0) is 44.0 Å². The second kappa shape index (κ2) is 8.67. The number of ether oxygens (including phenoxy) is 1. The molecule has 0 bridgehead atoms. The van der Waals surface area contributed by atoms with Gasteiger partial charge in [-0.1, -0.05) is 19.1 Å². The minimum absolute atomic E-state index is 0.0736. The van der Waals surface area contributed by atoms with Crippen molar-refractivity contribution >= 4 is 45.4 Å². The van der Waals surface area contributed by atoms with Crippen molar-refractivity contribution in [2.75, 3.05) is 4.90 Å². The standard InChI is InChI=1S/C21H22N2O3S2/c1-5-16-6-8-18(9-7-16)23(15(4)24)21-22-17(12-27-21)11-26-20(25)19-10-13(2)28-14(19)3/h6-10,12H,5,11H2,1-4H3. The van der Waals surface area contributed by atoms with Gasteiger partial charge >= 0.3 is 5.97 Å². The van der Waals surface area contributed by atoms with Crippen LogP contribution >= 0.6 is 22.7 Å². The third kappa shape index (κ3) is 4.48. The number of carbonyl (C=O) groups is 2. The molecule has 1 aromatic carbocycles. The maximum absolute atomic E-state index is 12.3. The van der Waals surface area contributed by atoms with Gasteiger partial charge in [-0.2, -0.15) is 0 Å². The third-order valence-electron chi connectivity index (χ3n) is 4.26. The zero-order valence-electron chi connectivity index (χ0n) is 16.3. The molecule has 0 aliphatic carbocycles. The van der Waals surface area contributed by atoms with Gasteiger partial charge in [-0.3, -0.25) is 9.69 Å². The molecule has 0 radical (unpaired) electrons. The minimum Gasteiger partial charge on any atom is -0.456 e. The molecule has 0 aliphatic rings. The van der Waals surface area contributed by atoms with Gasteiger partial charge in [0.2, 0.25) is 5.91 Å². The number of benzene rings is 1. The number of carbonyl (C=O) groups excluding carboxylic acids is 2. The van der Waals surface area contributed by atoms with E-state index >= 15 is 0 Å². The third-order valence-corrected chi connectivity index (χ3v) is 6.10. The molecule has 0 atom stereocenters. The average Bonchev–Trinajstić information content (AvgIpc) is 3.26. The second-order valence-corrected chi connectivity index (χ2v) is 8.70. The lowest BCUT2D eigenvalue weighted by Gasteiger charge is -2.18. The van der Waals surface area contributed by atoms with Gasteiger partial charge in [0, 0.05) is 22.1 Å². The van der Waals surface area contributed by atoms with E-state index < -0.39 is 0 Å². The Balaban J connectivity index is 1.72. The van der Waals surface area contributed by atoms with Crippen LogP contribution in [-0.2, 0) is 22.6 Å². The highest BCUT2D eigenvalue weighted by atomic mass is 32.1. The molecule has 5 nitrogen and oxygen atoms in total. The number of hydrogen-bond acceptors (Lipinski definition) is 6. The van der Waals surface area contributed by atoms with Crippen LogP contribution in [0.5, 0.6) is 0 Å². The smallest absolute Gasteiger partial charge is 0.339 e. The first kappa shape index (κ1) is 20.2. The first-order valence-corrected chi connectivity index (χ1v) is 10.7. The van der Waals surface area contributed by atoms with E-state index in [4.69, 9.17) is 4.74 Å². The number of nitrogens with zero attached hydrogens (tertiary/aromatic N) is 2. The lowest BCUT2D eigenvalue weighted by molar-refractivity contribution is -0.115. The van der Waals surface area contributed by atoms with Crippen molar-refractivity contribution < 1.29 is 14.3 Å². The fourth-order valence-electron chi connectivity index (χ4n) is 2.82. The first-order chi connectivity index (χ1) is 13.4. The summed E-state index contributed by atoms with van der Waals surface area (Å²) in [7, 11) is 0. The molecule has 2 heterocycles. The quantitative estimate of drug-likeness (QED) is 0.505. The van der Waals surface area contributed by atoms with Gasteiger partial charge < -0.3 is 4.74 Å². The van der Waals surface area contributed by atoms with E-state index in [1.807, 2.05) is 49.6 Å². The van der Waals surface area contributed by atoms with E-state index in [0.717, 1.165) is 21.9 Å². The normalized spacial score (nSPS) is 10.7. The summed E-state index contributed by atoms with van der Waals surface area (Å²) in [4.78, 5) is 32.6. The summed E-state index contributed by atoms with van der Waals surface area (Å²) in [5.74, 6) is -0.471. The van der Waals surface area contributed by atoms with Crippen molar-refractivity contribution in [3.8, 4) is 0 Å². The van der Waals surface area contributed by atoms with Crippen LogP contribution < -0.4 is 4.90 Å². The van der Waals surface area contributed by atoms with E-state index in [9.17, 15) is 9.59 Å². The molecule has 0 aliphatic heterocycles. The van der Waals surface area contributed by atoms with Crippen molar-refractivity contribution in [2.45, 2.75) is 40.7 Å². The predicted molar refractivity (Wildman–Crippen MR) is 114 cm³/mol. The monoisotopic (exact) mass is 414 g/mol. The largest absolute Gasteiger partial charge is 0.456 e. The maximum atomic E-state index is 12.3. The van der Waals surface area contributed by atoms with Crippen LogP contribution in [-0.4, -0.2) is 16.9 Å². The number of thiazole rings is 1. The van der Waals surface area contributed by atoms with Crippen LogP contribution in [0, 0.1) is 13.8 Å². The zero-order valence-corrected chi connectivity index (χ0v) is 17.9.